The minimum atomic E-state index is -3.77. The van der Waals surface area contributed by atoms with Crippen LogP contribution in [0.25, 0.3) is 0 Å². The van der Waals surface area contributed by atoms with E-state index in [9.17, 15) is 18.0 Å². The Morgan fingerprint density at radius 3 is 2.38 bits per heavy atom. The molecule has 0 saturated carbocycles. The molecule has 0 spiro atoms. The van der Waals surface area contributed by atoms with Gasteiger partial charge in [0.1, 0.15) is 6.04 Å². The lowest BCUT2D eigenvalue weighted by Crippen LogP contribution is -2.39. The van der Waals surface area contributed by atoms with Crippen molar-refractivity contribution < 1.29 is 23.1 Å². The molecule has 0 radical (unpaired) electrons. The standard InChI is InChI=1S/C12H13ClN2O5S/c13-12(18)15-7-8(6-10(15)11(16)17)14-21(19,20)9-4-2-1-3-5-9/h1-5,8,10,14H,6-7H2,(H,16,17). The van der Waals surface area contributed by atoms with Gasteiger partial charge in [0.15, 0.2) is 0 Å². The van der Waals surface area contributed by atoms with E-state index in [1.54, 1.807) is 18.2 Å². The minimum Gasteiger partial charge on any atom is -0.480 e. The van der Waals surface area contributed by atoms with Gasteiger partial charge in [-0.15, -0.1) is 0 Å². The molecule has 9 heteroatoms. The van der Waals surface area contributed by atoms with E-state index in [-0.39, 0.29) is 17.9 Å². The molecule has 1 fully saturated rings. The lowest BCUT2D eigenvalue weighted by atomic mass is 10.2. The Bertz CT molecular complexity index is 627. The van der Waals surface area contributed by atoms with E-state index in [2.05, 4.69) is 4.72 Å². The first-order valence-corrected chi connectivity index (χ1v) is 7.93. The van der Waals surface area contributed by atoms with Crippen molar-refractivity contribution in [2.75, 3.05) is 6.54 Å². The summed E-state index contributed by atoms with van der Waals surface area (Å²) in [5, 5.41) is 8.12. The van der Waals surface area contributed by atoms with Gasteiger partial charge in [0.05, 0.1) is 4.90 Å². The maximum Gasteiger partial charge on any atom is 0.326 e. The highest BCUT2D eigenvalue weighted by Gasteiger charge is 2.40. The highest BCUT2D eigenvalue weighted by Crippen LogP contribution is 2.21. The zero-order valence-corrected chi connectivity index (χ0v) is 12.3. The fraction of sp³-hybridized carbons (Fsp3) is 0.333. The van der Waals surface area contributed by atoms with E-state index in [0.717, 1.165) is 4.90 Å². The molecule has 0 bridgehead atoms. The maximum atomic E-state index is 12.1. The van der Waals surface area contributed by atoms with Crippen LogP contribution >= 0.6 is 11.6 Å². The number of nitrogens with zero attached hydrogens (tertiary/aromatic N) is 1. The number of hydrogen-bond acceptors (Lipinski definition) is 4. The number of amides is 1. The van der Waals surface area contributed by atoms with Gasteiger partial charge in [-0.2, -0.15) is 0 Å². The number of nitrogens with one attached hydrogen (secondary N) is 1. The second kappa shape index (κ2) is 6.00. The number of likely N-dealkylation sites (tertiary alicyclic amines) is 1. The first-order valence-electron chi connectivity index (χ1n) is 6.07. The molecule has 2 N–H and O–H groups in total. The molecule has 0 aromatic heterocycles. The van der Waals surface area contributed by atoms with Crippen LogP contribution in [0, 0.1) is 0 Å². The molecule has 1 aliphatic rings. The van der Waals surface area contributed by atoms with Crippen LogP contribution in [0.2, 0.25) is 0 Å². The van der Waals surface area contributed by atoms with Crippen LogP contribution in [0.3, 0.4) is 0 Å². The van der Waals surface area contributed by atoms with Crippen molar-refractivity contribution in [2.45, 2.75) is 23.4 Å². The van der Waals surface area contributed by atoms with Gasteiger partial charge in [0.25, 0.3) is 0 Å². The SMILES string of the molecule is O=C(O)C1CC(NS(=O)(=O)c2ccccc2)CN1C(=O)Cl. The number of carbonyl (C=O) groups is 2. The number of carboxylic acid groups (broad SMARTS) is 1. The van der Waals surface area contributed by atoms with E-state index >= 15 is 0 Å². The second-order valence-electron chi connectivity index (χ2n) is 4.63. The van der Waals surface area contributed by atoms with Crippen molar-refractivity contribution in [3.63, 3.8) is 0 Å². The number of hydrogen-bond donors (Lipinski definition) is 2. The third-order valence-electron chi connectivity index (χ3n) is 3.19. The first kappa shape index (κ1) is 15.7. The van der Waals surface area contributed by atoms with Crippen molar-refractivity contribution in [1.29, 1.82) is 0 Å². The van der Waals surface area contributed by atoms with Gasteiger partial charge in [-0.25, -0.2) is 17.9 Å². The molecule has 2 unspecified atom stereocenters. The Morgan fingerprint density at radius 1 is 1.29 bits per heavy atom. The van der Waals surface area contributed by atoms with Crippen LogP contribution in [-0.4, -0.2) is 48.4 Å². The Balaban J connectivity index is 2.14. The van der Waals surface area contributed by atoms with E-state index in [1.807, 2.05) is 0 Å². The molecule has 2 atom stereocenters. The second-order valence-corrected chi connectivity index (χ2v) is 6.66. The fourth-order valence-corrected chi connectivity index (χ4v) is 3.68. The summed E-state index contributed by atoms with van der Waals surface area (Å²) in [6, 6.07) is 5.88. The first-order chi connectivity index (χ1) is 9.81. The molecule has 1 amide bonds. The number of carboxylic acids is 1. The summed E-state index contributed by atoms with van der Waals surface area (Å²) in [6.45, 7) is -0.0780. The highest BCUT2D eigenvalue weighted by molar-refractivity contribution is 7.89. The van der Waals surface area contributed by atoms with Crippen molar-refractivity contribution >= 4 is 33.0 Å². The maximum absolute atomic E-state index is 12.1. The van der Waals surface area contributed by atoms with Crippen molar-refractivity contribution in [3.8, 4) is 0 Å². The van der Waals surface area contributed by atoms with Gasteiger partial charge in [0.2, 0.25) is 10.0 Å². The van der Waals surface area contributed by atoms with E-state index in [0.29, 0.717) is 0 Å². The van der Waals surface area contributed by atoms with E-state index in [4.69, 9.17) is 16.7 Å². The fourth-order valence-electron chi connectivity index (χ4n) is 2.24. The zero-order valence-electron chi connectivity index (χ0n) is 10.8. The molecule has 1 saturated heterocycles. The van der Waals surface area contributed by atoms with Crippen LogP contribution in [0.5, 0.6) is 0 Å². The lowest BCUT2D eigenvalue weighted by Gasteiger charge is -2.17. The summed E-state index contributed by atoms with van der Waals surface area (Å²) in [4.78, 5) is 23.3. The Kier molecular flexibility index (Phi) is 4.50. The van der Waals surface area contributed by atoms with Gasteiger partial charge >= 0.3 is 11.3 Å². The molecule has 21 heavy (non-hydrogen) atoms. The number of halogens is 1. The van der Waals surface area contributed by atoms with Crippen LogP contribution in [-0.2, 0) is 14.8 Å². The number of aliphatic carboxylic acids is 1. The van der Waals surface area contributed by atoms with Gasteiger partial charge in [-0.3, -0.25) is 4.79 Å². The molecule has 2 rings (SSSR count). The third-order valence-corrected chi connectivity index (χ3v) is 4.94. The summed E-state index contributed by atoms with van der Waals surface area (Å²) in [7, 11) is -3.77. The Labute approximate surface area is 126 Å². The molecule has 7 nitrogen and oxygen atoms in total. The third kappa shape index (κ3) is 3.52. The smallest absolute Gasteiger partial charge is 0.326 e. The highest BCUT2D eigenvalue weighted by atomic mass is 35.5. The number of carbonyl (C=O) groups excluding carboxylic acids is 1. The molecule has 1 aromatic rings. The summed E-state index contributed by atoms with van der Waals surface area (Å²) in [6.07, 6.45) is -0.0279. The van der Waals surface area contributed by atoms with Crippen molar-refractivity contribution in [2.24, 2.45) is 0 Å². The number of rotatable bonds is 4. The Hall–Kier alpha value is -1.64. The average molecular weight is 333 g/mol. The Morgan fingerprint density at radius 2 is 1.90 bits per heavy atom. The topological polar surface area (TPSA) is 104 Å². The molecular weight excluding hydrogens is 320 g/mol. The molecule has 1 heterocycles. The van der Waals surface area contributed by atoms with E-state index < -0.39 is 33.4 Å². The van der Waals surface area contributed by atoms with Crippen LogP contribution in [0.4, 0.5) is 4.79 Å². The summed E-state index contributed by atoms with van der Waals surface area (Å²) >= 11 is 5.32. The number of sulfonamides is 1. The van der Waals surface area contributed by atoms with Crippen LogP contribution < -0.4 is 4.72 Å². The molecule has 0 aliphatic carbocycles. The molecule has 114 valence electrons. The monoisotopic (exact) mass is 332 g/mol. The molecule has 1 aliphatic heterocycles. The van der Waals surface area contributed by atoms with Crippen molar-refractivity contribution in [3.05, 3.63) is 30.3 Å². The van der Waals surface area contributed by atoms with Crippen LogP contribution in [0.15, 0.2) is 35.2 Å². The minimum absolute atomic E-state index is 0.0279. The lowest BCUT2D eigenvalue weighted by molar-refractivity contribution is -0.141. The van der Waals surface area contributed by atoms with Gasteiger partial charge in [-0.1, -0.05) is 18.2 Å². The summed E-state index contributed by atoms with van der Waals surface area (Å²) in [5.41, 5.74) is 0. The average Bonchev–Trinajstić information content (AvgIpc) is 2.83. The molecular formula is C12H13ClN2O5S. The van der Waals surface area contributed by atoms with Gasteiger partial charge in [-0.05, 0) is 30.2 Å². The number of benzene rings is 1. The largest absolute Gasteiger partial charge is 0.480 e. The van der Waals surface area contributed by atoms with Gasteiger partial charge in [0, 0.05) is 12.6 Å². The summed E-state index contributed by atoms with van der Waals surface area (Å²) in [5.74, 6) is -1.22. The van der Waals surface area contributed by atoms with Gasteiger partial charge < -0.3 is 10.0 Å². The normalized spacial score (nSPS) is 22.2. The predicted molar refractivity (Wildman–Crippen MR) is 74.5 cm³/mol. The van der Waals surface area contributed by atoms with Crippen LogP contribution in [0.1, 0.15) is 6.42 Å². The van der Waals surface area contributed by atoms with Crippen molar-refractivity contribution in [1.82, 2.24) is 9.62 Å². The quantitative estimate of drug-likeness (QED) is 0.628. The molecule has 1 aromatic carbocycles. The summed E-state index contributed by atoms with van der Waals surface area (Å²) < 4.78 is 26.7. The van der Waals surface area contributed by atoms with E-state index in [1.165, 1.54) is 12.1 Å². The zero-order chi connectivity index (χ0) is 15.6. The predicted octanol–water partition coefficient (Wildman–Crippen LogP) is 0.851.